The van der Waals surface area contributed by atoms with Gasteiger partial charge in [0, 0.05) is 0 Å². The van der Waals surface area contributed by atoms with E-state index in [1.807, 2.05) is 12.1 Å². The maximum absolute atomic E-state index is 11.9. The summed E-state index contributed by atoms with van der Waals surface area (Å²) in [7, 11) is 0. The molecule has 3 rings (SSSR count). The van der Waals surface area contributed by atoms with Crippen LogP contribution in [-0.2, 0) is 20.9 Å². The van der Waals surface area contributed by atoms with E-state index in [2.05, 4.69) is 15.6 Å². The highest BCUT2D eigenvalue weighted by Crippen LogP contribution is 2.29. The number of benzene rings is 2. The quantitative estimate of drug-likeness (QED) is 0.689. The van der Waals surface area contributed by atoms with Crippen LogP contribution in [-0.4, -0.2) is 33.5 Å². The van der Waals surface area contributed by atoms with Crippen molar-refractivity contribution in [2.75, 3.05) is 11.9 Å². The number of rotatable bonds is 5. The van der Waals surface area contributed by atoms with Crippen LogP contribution in [0.25, 0.3) is 11.0 Å². The molecule has 25 heavy (non-hydrogen) atoms. The van der Waals surface area contributed by atoms with E-state index >= 15 is 0 Å². The number of hydrogen-bond acceptors (Lipinski definition) is 5. The predicted octanol–water partition coefficient (Wildman–Crippen LogP) is 2.92. The lowest BCUT2D eigenvalue weighted by Gasteiger charge is -2.09. The zero-order valence-corrected chi connectivity index (χ0v) is 14.3. The number of para-hydroxylation sites is 1. The fourth-order valence-electron chi connectivity index (χ4n) is 2.13. The van der Waals surface area contributed by atoms with Gasteiger partial charge in [0.2, 0.25) is 0 Å². The van der Waals surface area contributed by atoms with Crippen molar-refractivity contribution < 1.29 is 14.3 Å². The molecule has 1 N–H and O–H groups in total. The Labute approximate surface area is 152 Å². The van der Waals surface area contributed by atoms with Crippen LogP contribution in [0.3, 0.4) is 0 Å². The summed E-state index contributed by atoms with van der Waals surface area (Å²) in [4.78, 5) is 23.8. The number of halogens is 2. The molecule has 2 aromatic carbocycles. The van der Waals surface area contributed by atoms with Crippen LogP contribution in [0.5, 0.6) is 0 Å². The van der Waals surface area contributed by atoms with Crippen molar-refractivity contribution in [3.63, 3.8) is 0 Å². The second kappa shape index (κ2) is 7.50. The first kappa shape index (κ1) is 17.2. The molecule has 0 aliphatic rings. The number of fused-ring (bicyclic) bond motifs is 1. The van der Waals surface area contributed by atoms with Gasteiger partial charge in [0.15, 0.2) is 6.61 Å². The Bertz CT molecular complexity index is 942. The first-order chi connectivity index (χ1) is 12.0. The minimum atomic E-state index is -0.608. The second-order valence-corrected chi connectivity index (χ2v) is 5.83. The van der Waals surface area contributed by atoms with E-state index in [4.69, 9.17) is 27.9 Å². The third-order valence-electron chi connectivity index (χ3n) is 3.29. The topological polar surface area (TPSA) is 86.1 Å². The molecule has 0 unspecified atom stereocenters. The van der Waals surface area contributed by atoms with Gasteiger partial charge in [-0.15, -0.1) is 5.10 Å². The van der Waals surface area contributed by atoms with Crippen LogP contribution in [0, 0.1) is 0 Å². The third-order valence-corrected chi connectivity index (χ3v) is 4.11. The summed E-state index contributed by atoms with van der Waals surface area (Å²) in [6, 6.07) is 12.0. The first-order valence-corrected chi connectivity index (χ1v) is 7.98. The van der Waals surface area contributed by atoms with E-state index in [9.17, 15) is 9.59 Å². The molecule has 0 atom stereocenters. The lowest BCUT2D eigenvalue weighted by molar-refractivity contribution is -0.148. The molecule has 1 heterocycles. The van der Waals surface area contributed by atoms with Gasteiger partial charge in [-0.05, 0) is 24.3 Å². The molecule has 7 nitrogen and oxygen atoms in total. The maximum atomic E-state index is 11.9. The number of nitrogens with one attached hydrogen (secondary N) is 1. The summed E-state index contributed by atoms with van der Waals surface area (Å²) in [6.07, 6.45) is 0. The molecule has 1 aromatic heterocycles. The van der Waals surface area contributed by atoms with Gasteiger partial charge in [0.05, 0.1) is 21.2 Å². The molecule has 0 aliphatic heterocycles. The summed E-state index contributed by atoms with van der Waals surface area (Å²) in [6.45, 7) is -0.597. The summed E-state index contributed by atoms with van der Waals surface area (Å²) >= 11 is 11.8. The van der Waals surface area contributed by atoms with Crippen molar-refractivity contribution >= 4 is 51.8 Å². The van der Waals surface area contributed by atoms with Gasteiger partial charge in [-0.1, -0.05) is 46.6 Å². The molecule has 0 fully saturated rings. The van der Waals surface area contributed by atoms with E-state index in [1.165, 1.54) is 4.68 Å². The largest absolute Gasteiger partial charge is 0.454 e. The van der Waals surface area contributed by atoms with E-state index in [0.29, 0.717) is 21.7 Å². The van der Waals surface area contributed by atoms with Gasteiger partial charge in [-0.3, -0.25) is 9.59 Å². The Hall–Kier alpha value is -2.64. The molecular weight excluding hydrogens is 367 g/mol. The summed E-state index contributed by atoms with van der Waals surface area (Å²) in [5.41, 5.74) is 1.72. The lowest BCUT2D eigenvalue weighted by Crippen LogP contribution is -2.23. The average Bonchev–Trinajstić information content (AvgIpc) is 3.00. The van der Waals surface area contributed by atoms with Crippen LogP contribution in [0.2, 0.25) is 10.0 Å². The van der Waals surface area contributed by atoms with E-state index < -0.39 is 18.5 Å². The Kier molecular flexibility index (Phi) is 5.16. The first-order valence-electron chi connectivity index (χ1n) is 7.22. The smallest absolute Gasteiger partial charge is 0.328 e. The molecule has 1 amide bonds. The lowest BCUT2D eigenvalue weighted by atomic mass is 10.3. The molecule has 3 aromatic rings. The Balaban J connectivity index is 1.55. The number of nitrogens with zero attached hydrogens (tertiary/aromatic N) is 3. The van der Waals surface area contributed by atoms with Gasteiger partial charge in [0.1, 0.15) is 12.1 Å². The third kappa shape index (κ3) is 4.07. The van der Waals surface area contributed by atoms with Gasteiger partial charge >= 0.3 is 5.97 Å². The number of carbonyl (C=O) groups is 2. The zero-order chi connectivity index (χ0) is 17.8. The predicted molar refractivity (Wildman–Crippen MR) is 93.6 cm³/mol. The molecule has 9 heteroatoms. The number of ether oxygens (including phenoxy) is 1. The number of amides is 1. The molecule has 0 saturated heterocycles. The van der Waals surface area contributed by atoms with Crippen LogP contribution >= 0.6 is 23.2 Å². The van der Waals surface area contributed by atoms with Crippen LogP contribution in [0.4, 0.5) is 5.69 Å². The highest BCUT2D eigenvalue weighted by Gasteiger charge is 2.13. The number of aromatic nitrogens is 3. The van der Waals surface area contributed by atoms with Crippen molar-refractivity contribution in [3.8, 4) is 0 Å². The monoisotopic (exact) mass is 378 g/mol. The van der Waals surface area contributed by atoms with Gasteiger partial charge in [-0.25, -0.2) is 4.68 Å². The summed E-state index contributed by atoms with van der Waals surface area (Å²) in [5, 5.41) is 10.9. The Morgan fingerprint density at radius 3 is 2.76 bits per heavy atom. The van der Waals surface area contributed by atoms with E-state index in [-0.39, 0.29) is 11.6 Å². The highest BCUT2D eigenvalue weighted by atomic mass is 35.5. The van der Waals surface area contributed by atoms with Gasteiger partial charge in [-0.2, -0.15) is 0 Å². The van der Waals surface area contributed by atoms with Crippen molar-refractivity contribution in [2.24, 2.45) is 0 Å². The molecule has 0 radical (unpaired) electrons. The molecular formula is C16H12Cl2N4O3. The fraction of sp³-hybridized carbons (Fsp3) is 0.125. The van der Waals surface area contributed by atoms with Gasteiger partial charge < -0.3 is 10.1 Å². The number of carbonyl (C=O) groups excluding carboxylic acids is 2. The fourth-order valence-corrected chi connectivity index (χ4v) is 2.48. The normalized spacial score (nSPS) is 10.6. The second-order valence-electron chi connectivity index (χ2n) is 5.05. The molecule has 0 aliphatic carbocycles. The molecule has 128 valence electrons. The van der Waals surface area contributed by atoms with Crippen molar-refractivity contribution in [1.82, 2.24) is 15.0 Å². The molecule has 0 saturated carbocycles. The van der Waals surface area contributed by atoms with Crippen molar-refractivity contribution in [1.29, 1.82) is 0 Å². The van der Waals surface area contributed by atoms with E-state index in [0.717, 1.165) is 0 Å². The minimum Gasteiger partial charge on any atom is -0.454 e. The van der Waals surface area contributed by atoms with Crippen LogP contribution in [0.1, 0.15) is 0 Å². The van der Waals surface area contributed by atoms with E-state index in [1.54, 1.807) is 30.3 Å². The van der Waals surface area contributed by atoms with Gasteiger partial charge in [0.25, 0.3) is 5.91 Å². The Morgan fingerprint density at radius 2 is 1.92 bits per heavy atom. The average molecular weight is 379 g/mol. The maximum Gasteiger partial charge on any atom is 0.328 e. The van der Waals surface area contributed by atoms with Crippen LogP contribution in [0.15, 0.2) is 42.5 Å². The number of esters is 1. The SMILES string of the molecule is O=C(COC(=O)Cn1nnc2ccccc21)Nc1cccc(Cl)c1Cl. The Morgan fingerprint density at radius 1 is 1.12 bits per heavy atom. The summed E-state index contributed by atoms with van der Waals surface area (Å²) < 4.78 is 6.36. The molecule has 0 spiro atoms. The minimum absolute atomic E-state index is 0.147. The summed E-state index contributed by atoms with van der Waals surface area (Å²) in [5.74, 6) is -1.14. The van der Waals surface area contributed by atoms with Crippen molar-refractivity contribution in [3.05, 3.63) is 52.5 Å². The number of anilines is 1. The number of hydrogen-bond donors (Lipinski definition) is 1. The zero-order valence-electron chi connectivity index (χ0n) is 12.8. The highest BCUT2D eigenvalue weighted by molar-refractivity contribution is 6.44. The van der Waals surface area contributed by atoms with Crippen molar-refractivity contribution in [2.45, 2.75) is 6.54 Å². The van der Waals surface area contributed by atoms with Crippen LogP contribution < -0.4 is 5.32 Å². The standard InChI is InChI=1S/C16H12Cl2N4O3/c17-10-4-3-6-12(16(10)18)19-14(23)9-25-15(24)8-22-13-7-2-1-5-11(13)20-21-22/h1-7H,8-9H2,(H,19,23). The molecule has 0 bridgehead atoms.